The van der Waals surface area contributed by atoms with E-state index in [4.69, 9.17) is 0 Å². The Morgan fingerprint density at radius 2 is 2.18 bits per heavy atom. The molecule has 0 aliphatic heterocycles. The zero-order valence-corrected chi connectivity index (χ0v) is 11.9. The highest BCUT2D eigenvalue weighted by Gasteiger charge is 2.44. The molecular weight excluding hydrogens is 206 g/mol. The minimum Gasteiger partial charge on any atom is -0.378 e. The lowest BCUT2D eigenvalue weighted by Crippen LogP contribution is -2.22. The molecule has 0 saturated heterocycles. The van der Waals surface area contributed by atoms with Crippen LogP contribution in [-0.4, -0.2) is 18.5 Å². The fourth-order valence-corrected chi connectivity index (χ4v) is 3.43. The molecule has 1 heteroatoms. The molecule has 0 aromatic heterocycles. The van der Waals surface area contributed by atoms with Crippen LogP contribution in [-0.2, 0) is 0 Å². The molecule has 0 aromatic carbocycles. The first-order valence-electron chi connectivity index (χ1n) is 7.03. The molecule has 1 nitrogen and oxygen atoms in total. The van der Waals surface area contributed by atoms with Crippen LogP contribution in [0.25, 0.3) is 0 Å². The Balaban J connectivity index is 1.85. The van der Waals surface area contributed by atoms with Gasteiger partial charge in [0.05, 0.1) is 0 Å². The van der Waals surface area contributed by atoms with E-state index in [1.165, 1.54) is 31.5 Å². The Labute approximate surface area is 107 Å². The van der Waals surface area contributed by atoms with E-state index in [1.807, 2.05) is 0 Å². The Bertz CT molecular complexity index is 328. The highest BCUT2D eigenvalue weighted by Crippen LogP contribution is 2.51. The fraction of sp³-hybridized carbons (Fsp3) is 0.750. The summed E-state index contributed by atoms with van der Waals surface area (Å²) < 4.78 is 0. The summed E-state index contributed by atoms with van der Waals surface area (Å²) in [4.78, 5) is 2.32. The van der Waals surface area contributed by atoms with Gasteiger partial charge in [-0.15, -0.1) is 0 Å². The first-order chi connectivity index (χ1) is 7.99. The zero-order chi connectivity index (χ0) is 12.6. The van der Waals surface area contributed by atoms with Gasteiger partial charge in [-0.25, -0.2) is 0 Å². The Morgan fingerprint density at radius 1 is 1.47 bits per heavy atom. The van der Waals surface area contributed by atoms with Crippen molar-refractivity contribution in [2.24, 2.45) is 23.7 Å². The minimum absolute atomic E-state index is 0.800. The summed E-state index contributed by atoms with van der Waals surface area (Å²) in [6.07, 6.45) is 6.70. The van der Waals surface area contributed by atoms with E-state index in [0.29, 0.717) is 0 Å². The molecule has 1 saturated carbocycles. The van der Waals surface area contributed by atoms with Crippen molar-refractivity contribution < 1.29 is 0 Å². The second-order valence-electron chi connectivity index (χ2n) is 6.35. The molecule has 2 aliphatic carbocycles. The van der Waals surface area contributed by atoms with Crippen molar-refractivity contribution in [2.45, 2.75) is 40.0 Å². The van der Waals surface area contributed by atoms with Gasteiger partial charge in [-0.1, -0.05) is 25.2 Å². The van der Waals surface area contributed by atoms with Crippen LogP contribution in [0.15, 0.2) is 23.9 Å². The predicted molar refractivity (Wildman–Crippen MR) is 74.7 cm³/mol. The van der Waals surface area contributed by atoms with Crippen molar-refractivity contribution in [1.82, 2.24) is 4.90 Å². The van der Waals surface area contributed by atoms with E-state index in [2.05, 4.69) is 45.4 Å². The van der Waals surface area contributed by atoms with Crippen molar-refractivity contribution in [2.75, 3.05) is 13.6 Å². The molecular formula is C16H27N. The number of nitrogens with zero attached hydrogens (tertiary/aromatic N) is 1. The molecule has 0 spiro atoms. The normalized spacial score (nSPS) is 36.4. The summed E-state index contributed by atoms with van der Waals surface area (Å²) in [6.45, 7) is 12.0. The van der Waals surface area contributed by atoms with Crippen LogP contribution in [0.5, 0.6) is 0 Å². The molecule has 0 N–H and O–H groups in total. The quantitative estimate of drug-likeness (QED) is 0.661. The van der Waals surface area contributed by atoms with E-state index in [1.54, 1.807) is 5.57 Å². The van der Waals surface area contributed by atoms with Crippen molar-refractivity contribution in [3.8, 4) is 0 Å². The van der Waals surface area contributed by atoms with Crippen molar-refractivity contribution in [3.05, 3.63) is 23.9 Å². The van der Waals surface area contributed by atoms with Crippen molar-refractivity contribution in [1.29, 1.82) is 0 Å². The lowest BCUT2D eigenvalue weighted by molar-refractivity contribution is 0.294. The molecule has 0 aromatic rings. The molecule has 96 valence electrons. The van der Waals surface area contributed by atoms with E-state index >= 15 is 0 Å². The smallest absolute Gasteiger partial charge is 0.0202 e. The van der Waals surface area contributed by atoms with Gasteiger partial charge >= 0.3 is 0 Å². The molecule has 2 aliphatic rings. The largest absolute Gasteiger partial charge is 0.378 e. The molecule has 0 bridgehead atoms. The average Bonchev–Trinajstić information content (AvgIpc) is 2.96. The molecule has 0 heterocycles. The highest BCUT2D eigenvalue weighted by molar-refractivity contribution is 5.10. The average molecular weight is 233 g/mol. The highest BCUT2D eigenvalue weighted by atomic mass is 15.1. The third-order valence-corrected chi connectivity index (χ3v) is 4.78. The van der Waals surface area contributed by atoms with Gasteiger partial charge in [-0.05, 0) is 56.8 Å². The number of hydrogen-bond acceptors (Lipinski definition) is 1. The first kappa shape index (κ1) is 12.7. The SMILES string of the molecule is C=C(C)N(C)C[C@H]1C[C@H]1C1CCC(C)=CC1C. The van der Waals surface area contributed by atoms with Gasteiger partial charge in [0.25, 0.3) is 0 Å². The lowest BCUT2D eigenvalue weighted by Gasteiger charge is -2.28. The third-order valence-electron chi connectivity index (χ3n) is 4.78. The molecule has 0 amide bonds. The van der Waals surface area contributed by atoms with Crippen LogP contribution in [0.2, 0.25) is 0 Å². The van der Waals surface area contributed by atoms with Crippen LogP contribution >= 0.6 is 0 Å². The van der Waals surface area contributed by atoms with Crippen LogP contribution in [0, 0.1) is 23.7 Å². The maximum atomic E-state index is 4.01. The molecule has 1 fully saturated rings. The molecule has 2 unspecified atom stereocenters. The standard InChI is InChI=1S/C16H27N/c1-11(2)17(5)10-14-9-16(14)15-7-6-12(3)8-13(15)4/h8,13-16H,1,6-7,9-10H2,2-5H3/t13?,14-,15?,16-/m1/s1. The third kappa shape index (κ3) is 2.94. The van der Waals surface area contributed by atoms with Crippen molar-refractivity contribution in [3.63, 3.8) is 0 Å². The summed E-state index contributed by atoms with van der Waals surface area (Å²) in [6, 6.07) is 0. The van der Waals surface area contributed by atoms with Gasteiger partial charge in [0, 0.05) is 19.3 Å². The van der Waals surface area contributed by atoms with E-state index in [0.717, 1.165) is 23.7 Å². The first-order valence-corrected chi connectivity index (χ1v) is 7.03. The Hall–Kier alpha value is -0.720. The summed E-state index contributed by atoms with van der Waals surface area (Å²) in [5.74, 6) is 3.66. The summed E-state index contributed by atoms with van der Waals surface area (Å²) in [7, 11) is 2.17. The van der Waals surface area contributed by atoms with Crippen LogP contribution in [0.4, 0.5) is 0 Å². The number of rotatable bonds is 4. The van der Waals surface area contributed by atoms with E-state index in [9.17, 15) is 0 Å². The Morgan fingerprint density at radius 3 is 2.76 bits per heavy atom. The van der Waals surface area contributed by atoms with Crippen LogP contribution in [0.1, 0.15) is 40.0 Å². The van der Waals surface area contributed by atoms with Crippen molar-refractivity contribution >= 4 is 0 Å². The van der Waals surface area contributed by atoms with E-state index in [-0.39, 0.29) is 0 Å². The predicted octanol–water partition coefficient (Wildman–Crippen LogP) is 4.08. The second-order valence-corrected chi connectivity index (χ2v) is 6.35. The number of allylic oxidation sites excluding steroid dienone is 3. The lowest BCUT2D eigenvalue weighted by atomic mass is 9.78. The molecule has 0 radical (unpaired) electrons. The fourth-order valence-electron chi connectivity index (χ4n) is 3.43. The van der Waals surface area contributed by atoms with Gasteiger partial charge in [-0.3, -0.25) is 0 Å². The van der Waals surface area contributed by atoms with Gasteiger partial charge < -0.3 is 4.90 Å². The molecule has 4 atom stereocenters. The van der Waals surface area contributed by atoms with E-state index < -0.39 is 0 Å². The van der Waals surface area contributed by atoms with Gasteiger partial charge in [0.2, 0.25) is 0 Å². The Kier molecular flexibility index (Phi) is 3.65. The van der Waals surface area contributed by atoms with Gasteiger partial charge in [-0.2, -0.15) is 0 Å². The summed E-state index contributed by atoms with van der Waals surface area (Å²) in [5.41, 5.74) is 2.80. The minimum atomic E-state index is 0.800. The van der Waals surface area contributed by atoms with Crippen LogP contribution < -0.4 is 0 Å². The maximum absolute atomic E-state index is 4.01. The summed E-state index contributed by atoms with van der Waals surface area (Å²) in [5, 5.41) is 0. The molecule has 2 rings (SSSR count). The monoisotopic (exact) mass is 233 g/mol. The molecule has 17 heavy (non-hydrogen) atoms. The second kappa shape index (κ2) is 4.88. The topological polar surface area (TPSA) is 3.24 Å². The number of hydrogen-bond donors (Lipinski definition) is 0. The summed E-state index contributed by atoms with van der Waals surface area (Å²) >= 11 is 0. The van der Waals surface area contributed by atoms with Gasteiger partial charge in [0.15, 0.2) is 0 Å². The van der Waals surface area contributed by atoms with Crippen LogP contribution in [0.3, 0.4) is 0 Å². The van der Waals surface area contributed by atoms with Gasteiger partial charge in [0.1, 0.15) is 0 Å². The zero-order valence-electron chi connectivity index (χ0n) is 11.9. The maximum Gasteiger partial charge on any atom is 0.0202 e.